The van der Waals surface area contributed by atoms with Gasteiger partial charge in [-0.15, -0.1) is 0 Å². The molecule has 0 unspecified atom stereocenters. The van der Waals surface area contributed by atoms with Crippen LogP contribution in [0.4, 0.5) is 10.1 Å². The third kappa shape index (κ3) is 3.83. The Balaban J connectivity index is 2.28. The van der Waals surface area contributed by atoms with Gasteiger partial charge >= 0.3 is 0 Å². The van der Waals surface area contributed by atoms with Crippen molar-refractivity contribution in [1.29, 1.82) is 0 Å². The smallest absolute Gasteiger partial charge is 0.264 e. The Morgan fingerprint density at radius 1 is 1.10 bits per heavy atom. The second-order valence-corrected chi connectivity index (χ2v) is 7.52. The molecule has 6 heteroatoms. The van der Waals surface area contributed by atoms with Crippen LogP contribution in [-0.4, -0.2) is 8.42 Å². The first kappa shape index (κ1) is 16.0. The quantitative estimate of drug-likeness (QED) is 0.858. The van der Waals surface area contributed by atoms with Crippen LogP contribution in [0.5, 0.6) is 0 Å². The highest BCUT2D eigenvalue weighted by Crippen LogP contribution is 2.23. The number of benzene rings is 2. The Morgan fingerprint density at radius 2 is 1.71 bits per heavy atom. The fourth-order valence-corrected chi connectivity index (χ4v) is 3.29. The maximum atomic E-state index is 13.8. The summed E-state index contributed by atoms with van der Waals surface area (Å²) >= 11 is 3.10. The van der Waals surface area contributed by atoms with Crippen molar-refractivity contribution in [2.24, 2.45) is 0 Å². The Morgan fingerprint density at radius 3 is 2.24 bits per heavy atom. The Labute approximate surface area is 132 Å². The fourth-order valence-electron chi connectivity index (χ4n) is 1.84. The molecular weight excluding hydrogens is 357 g/mol. The molecule has 2 aromatic carbocycles. The molecule has 0 atom stereocenters. The van der Waals surface area contributed by atoms with Gasteiger partial charge in [-0.3, -0.25) is 4.72 Å². The van der Waals surface area contributed by atoms with Crippen LogP contribution in [-0.2, 0) is 10.0 Å². The van der Waals surface area contributed by atoms with Gasteiger partial charge in [-0.1, -0.05) is 41.9 Å². The second-order valence-electron chi connectivity index (χ2n) is 4.96. The molecule has 0 saturated carbocycles. The average molecular weight is 372 g/mol. The summed E-state index contributed by atoms with van der Waals surface area (Å²) in [7, 11) is -3.94. The summed E-state index contributed by atoms with van der Waals surface area (Å²) < 4.78 is 41.0. The minimum atomic E-state index is -3.94. The highest BCUT2D eigenvalue weighted by molar-refractivity contribution is 9.10. The van der Waals surface area contributed by atoms with Gasteiger partial charge in [0.1, 0.15) is 10.7 Å². The highest BCUT2D eigenvalue weighted by Gasteiger charge is 2.19. The van der Waals surface area contributed by atoms with E-state index in [0.29, 0.717) is 16.1 Å². The molecule has 0 spiro atoms. The summed E-state index contributed by atoms with van der Waals surface area (Å²) in [6.45, 7) is 4.10. The van der Waals surface area contributed by atoms with Crippen LogP contribution >= 0.6 is 15.9 Å². The van der Waals surface area contributed by atoms with Gasteiger partial charge in [0, 0.05) is 10.2 Å². The zero-order chi connectivity index (χ0) is 15.6. The molecule has 0 aliphatic heterocycles. The molecule has 0 aliphatic rings. The number of nitrogens with one attached hydrogen (secondary N) is 1. The van der Waals surface area contributed by atoms with Crippen LogP contribution in [0.25, 0.3) is 0 Å². The minimum absolute atomic E-state index is 0.361. The van der Waals surface area contributed by atoms with Crippen LogP contribution < -0.4 is 4.72 Å². The summed E-state index contributed by atoms with van der Waals surface area (Å²) in [6.07, 6.45) is 0. The van der Waals surface area contributed by atoms with E-state index in [4.69, 9.17) is 0 Å². The molecule has 0 aliphatic carbocycles. The second kappa shape index (κ2) is 6.15. The van der Waals surface area contributed by atoms with Gasteiger partial charge in [0.2, 0.25) is 0 Å². The summed E-state index contributed by atoms with van der Waals surface area (Å²) in [5.74, 6) is -0.435. The molecule has 3 nitrogen and oxygen atoms in total. The molecule has 0 heterocycles. The van der Waals surface area contributed by atoms with Gasteiger partial charge in [0.05, 0.1) is 0 Å². The van der Waals surface area contributed by atoms with Crippen molar-refractivity contribution in [2.75, 3.05) is 4.72 Å². The van der Waals surface area contributed by atoms with Crippen molar-refractivity contribution < 1.29 is 12.8 Å². The molecule has 0 aromatic heterocycles. The van der Waals surface area contributed by atoms with E-state index in [0.717, 1.165) is 11.6 Å². The van der Waals surface area contributed by atoms with E-state index in [2.05, 4.69) is 34.5 Å². The van der Waals surface area contributed by atoms with Crippen LogP contribution in [0, 0.1) is 5.82 Å². The topological polar surface area (TPSA) is 46.2 Å². The van der Waals surface area contributed by atoms with Gasteiger partial charge in [0.25, 0.3) is 10.0 Å². The first-order valence-electron chi connectivity index (χ1n) is 6.37. The van der Waals surface area contributed by atoms with Gasteiger partial charge in [0.15, 0.2) is 0 Å². The van der Waals surface area contributed by atoms with Crippen LogP contribution in [0.2, 0.25) is 0 Å². The molecule has 21 heavy (non-hydrogen) atoms. The van der Waals surface area contributed by atoms with E-state index in [-0.39, 0.29) is 4.90 Å². The van der Waals surface area contributed by atoms with Crippen molar-refractivity contribution in [3.63, 3.8) is 0 Å². The van der Waals surface area contributed by atoms with E-state index < -0.39 is 15.8 Å². The van der Waals surface area contributed by atoms with E-state index in [1.807, 2.05) is 12.1 Å². The summed E-state index contributed by atoms with van der Waals surface area (Å²) in [5, 5.41) is 0. The summed E-state index contributed by atoms with van der Waals surface area (Å²) in [5.41, 5.74) is 1.51. The largest absolute Gasteiger partial charge is 0.280 e. The average Bonchev–Trinajstić information content (AvgIpc) is 2.38. The standard InChI is InChI=1S/C15H15BrFNO2S/c1-10(2)11-3-6-13(7-4-11)18-21(19,20)15-8-5-12(16)9-14(15)17/h3-10,18H,1-2H3. The lowest BCUT2D eigenvalue weighted by Crippen LogP contribution is -2.14. The predicted molar refractivity (Wildman–Crippen MR) is 85.4 cm³/mol. The SMILES string of the molecule is CC(C)c1ccc(NS(=O)(=O)c2ccc(Br)cc2F)cc1. The van der Waals surface area contributed by atoms with Crippen molar-refractivity contribution >= 4 is 31.6 Å². The van der Waals surface area contributed by atoms with Crippen molar-refractivity contribution in [2.45, 2.75) is 24.7 Å². The number of hydrogen-bond acceptors (Lipinski definition) is 2. The molecule has 0 amide bonds. The van der Waals surface area contributed by atoms with E-state index in [9.17, 15) is 12.8 Å². The molecule has 2 rings (SSSR count). The van der Waals surface area contributed by atoms with E-state index >= 15 is 0 Å². The Bertz CT molecular complexity index is 743. The first-order valence-corrected chi connectivity index (χ1v) is 8.65. The third-order valence-electron chi connectivity index (χ3n) is 3.01. The summed E-state index contributed by atoms with van der Waals surface area (Å²) in [4.78, 5) is -0.376. The number of rotatable bonds is 4. The van der Waals surface area contributed by atoms with Gasteiger partial charge < -0.3 is 0 Å². The lowest BCUT2D eigenvalue weighted by Gasteiger charge is -2.11. The molecule has 0 fully saturated rings. The maximum absolute atomic E-state index is 13.8. The zero-order valence-electron chi connectivity index (χ0n) is 11.6. The summed E-state index contributed by atoms with van der Waals surface area (Å²) in [6, 6.07) is 10.9. The number of sulfonamides is 1. The lowest BCUT2D eigenvalue weighted by molar-refractivity contribution is 0.570. The Hall–Kier alpha value is -1.40. The number of halogens is 2. The molecule has 0 radical (unpaired) electrons. The molecule has 0 saturated heterocycles. The molecule has 2 aromatic rings. The first-order chi connectivity index (χ1) is 9.79. The van der Waals surface area contributed by atoms with Crippen LogP contribution in [0.1, 0.15) is 25.3 Å². The molecule has 112 valence electrons. The van der Waals surface area contributed by atoms with Crippen molar-refractivity contribution in [3.05, 3.63) is 58.3 Å². The van der Waals surface area contributed by atoms with E-state index in [1.165, 1.54) is 12.1 Å². The normalized spacial score (nSPS) is 11.7. The predicted octanol–water partition coefficient (Wildman–Crippen LogP) is 4.51. The third-order valence-corrected chi connectivity index (χ3v) is 4.92. The molecular formula is C15H15BrFNO2S. The number of anilines is 1. The lowest BCUT2D eigenvalue weighted by atomic mass is 10.0. The number of hydrogen-bond donors (Lipinski definition) is 1. The minimum Gasteiger partial charge on any atom is -0.280 e. The zero-order valence-corrected chi connectivity index (χ0v) is 14.0. The molecule has 0 bridgehead atoms. The highest BCUT2D eigenvalue weighted by atomic mass is 79.9. The fraction of sp³-hybridized carbons (Fsp3) is 0.200. The van der Waals surface area contributed by atoms with Crippen molar-refractivity contribution in [3.8, 4) is 0 Å². The van der Waals surface area contributed by atoms with Gasteiger partial charge in [-0.25, -0.2) is 12.8 Å². The van der Waals surface area contributed by atoms with Crippen LogP contribution in [0.3, 0.4) is 0 Å². The van der Waals surface area contributed by atoms with E-state index in [1.54, 1.807) is 12.1 Å². The van der Waals surface area contributed by atoms with Gasteiger partial charge in [-0.05, 0) is 41.8 Å². The van der Waals surface area contributed by atoms with Crippen LogP contribution in [0.15, 0.2) is 51.8 Å². The monoisotopic (exact) mass is 371 g/mol. The molecule has 1 N–H and O–H groups in total. The van der Waals surface area contributed by atoms with Crippen molar-refractivity contribution in [1.82, 2.24) is 0 Å². The maximum Gasteiger partial charge on any atom is 0.264 e. The van der Waals surface area contributed by atoms with Gasteiger partial charge in [-0.2, -0.15) is 0 Å². The Kier molecular flexibility index (Phi) is 4.68.